The molecule has 0 radical (unpaired) electrons. The van der Waals surface area contributed by atoms with Crippen LogP contribution in [0.25, 0.3) is 5.69 Å². The van der Waals surface area contributed by atoms with Crippen molar-refractivity contribution in [2.24, 2.45) is 0 Å². The largest absolute Gasteiger partial charge is 0.381 e. The first-order valence-corrected chi connectivity index (χ1v) is 5.29. The first-order valence-electron chi connectivity index (χ1n) is 5.29. The van der Waals surface area contributed by atoms with Gasteiger partial charge in [0.15, 0.2) is 0 Å². The molecule has 1 aliphatic rings. The summed E-state index contributed by atoms with van der Waals surface area (Å²) in [6.07, 6.45) is 6.34. The average molecular weight is 199 g/mol. The zero-order valence-electron chi connectivity index (χ0n) is 8.43. The fraction of sp³-hybridized carbons (Fsp3) is 0.250. The number of hydrogen-bond donors (Lipinski definition) is 1. The summed E-state index contributed by atoms with van der Waals surface area (Å²) in [5.74, 6) is 0. The number of nitrogens with one attached hydrogen (secondary N) is 1. The highest BCUT2D eigenvalue weighted by Crippen LogP contribution is 2.27. The molecular formula is C12H13N3. The second-order valence-electron chi connectivity index (χ2n) is 3.89. The van der Waals surface area contributed by atoms with Crippen LogP contribution in [0.15, 0.2) is 42.7 Å². The average Bonchev–Trinajstić information content (AvgIpc) is 2.93. The van der Waals surface area contributed by atoms with Gasteiger partial charge in [0.25, 0.3) is 0 Å². The van der Waals surface area contributed by atoms with E-state index in [-0.39, 0.29) is 0 Å². The van der Waals surface area contributed by atoms with E-state index in [4.69, 9.17) is 0 Å². The van der Waals surface area contributed by atoms with Crippen molar-refractivity contribution in [2.45, 2.75) is 18.9 Å². The fourth-order valence-electron chi connectivity index (χ4n) is 1.65. The number of para-hydroxylation sites is 2. The lowest BCUT2D eigenvalue weighted by Crippen LogP contribution is -2.05. The molecule has 1 saturated carbocycles. The Hall–Kier alpha value is -1.77. The molecule has 0 atom stereocenters. The third-order valence-corrected chi connectivity index (χ3v) is 2.59. The van der Waals surface area contributed by atoms with E-state index in [2.05, 4.69) is 28.6 Å². The molecule has 1 heterocycles. The Labute approximate surface area is 88.7 Å². The Kier molecular flexibility index (Phi) is 1.95. The van der Waals surface area contributed by atoms with Crippen LogP contribution >= 0.6 is 0 Å². The zero-order chi connectivity index (χ0) is 10.1. The van der Waals surface area contributed by atoms with Gasteiger partial charge in [0, 0.05) is 18.4 Å². The second kappa shape index (κ2) is 3.42. The summed E-state index contributed by atoms with van der Waals surface area (Å²) in [6, 6.07) is 10.9. The molecule has 3 heteroatoms. The smallest absolute Gasteiger partial charge is 0.0876 e. The van der Waals surface area contributed by atoms with Crippen molar-refractivity contribution in [3.05, 3.63) is 42.7 Å². The van der Waals surface area contributed by atoms with Gasteiger partial charge >= 0.3 is 0 Å². The van der Waals surface area contributed by atoms with Gasteiger partial charge in [0.2, 0.25) is 0 Å². The lowest BCUT2D eigenvalue weighted by molar-refractivity contribution is 0.879. The van der Waals surface area contributed by atoms with Crippen LogP contribution < -0.4 is 5.32 Å². The summed E-state index contributed by atoms with van der Waals surface area (Å²) in [6.45, 7) is 0. The molecule has 15 heavy (non-hydrogen) atoms. The maximum Gasteiger partial charge on any atom is 0.0876 e. The van der Waals surface area contributed by atoms with E-state index in [0.717, 1.165) is 5.69 Å². The van der Waals surface area contributed by atoms with E-state index < -0.39 is 0 Å². The monoisotopic (exact) mass is 199 g/mol. The van der Waals surface area contributed by atoms with Gasteiger partial charge in [-0.3, -0.25) is 0 Å². The number of nitrogens with zero attached hydrogens (tertiary/aromatic N) is 2. The Morgan fingerprint density at radius 3 is 2.80 bits per heavy atom. The minimum atomic E-state index is 0.668. The van der Waals surface area contributed by atoms with Gasteiger partial charge in [0.1, 0.15) is 0 Å². The maximum absolute atomic E-state index is 4.25. The molecule has 1 aromatic heterocycles. The molecule has 3 rings (SSSR count). The first kappa shape index (κ1) is 8.53. The van der Waals surface area contributed by atoms with Gasteiger partial charge < -0.3 is 5.32 Å². The molecule has 0 aliphatic heterocycles. The van der Waals surface area contributed by atoms with E-state index in [1.807, 2.05) is 23.0 Å². The third kappa shape index (κ3) is 1.73. The molecule has 76 valence electrons. The SMILES string of the molecule is c1ccc(-n2cccn2)c(NC2CC2)c1. The molecule has 3 nitrogen and oxygen atoms in total. The molecule has 1 fully saturated rings. The van der Waals surface area contributed by atoms with Crippen molar-refractivity contribution in [1.29, 1.82) is 0 Å². The number of rotatable bonds is 3. The van der Waals surface area contributed by atoms with E-state index in [9.17, 15) is 0 Å². The van der Waals surface area contributed by atoms with Crippen molar-refractivity contribution in [3.8, 4) is 5.69 Å². The van der Waals surface area contributed by atoms with Gasteiger partial charge in [0.05, 0.1) is 11.4 Å². The van der Waals surface area contributed by atoms with Crippen molar-refractivity contribution >= 4 is 5.69 Å². The molecule has 1 N–H and O–H groups in total. The highest BCUT2D eigenvalue weighted by atomic mass is 15.3. The lowest BCUT2D eigenvalue weighted by Gasteiger charge is -2.10. The van der Waals surface area contributed by atoms with Crippen LogP contribution in [0, 0.1) is 0 Å². The number of hydrogen-bond acceptors (Lipinski definition) is 2. The van der Waals surface area contributed by atoms with Crippen LogP contribution in [0.5, 0.6) is 0 Å². The molecule has 0 unspecified atom stereocenters. The minimum absolute atomic E-state index is 0.668. The lowest BCUT2D eigenvalue weighted by atomic mass is 10.2. The number of anilines is 1. The summed E-state index contributed by atoms with van der Waals surface area (Å²) in [5, 5.41) is 7.76. The summed E-state index contributed by atoms with van der Waals surface area (Å²) < 4.78 is 1.89. The molecule has 0 spiro atoms. The van der Waals surface area contributed by atoms with Crippen molar-refractivity contribution in [2.75, 3.05) is 5.32 Å². The Morgan fingerprint density at radius 2 is 2.07 bits per heavy atom. The van der Waals surface area contributed by atoms with Crippen molar-refractivity contribution in [1.82, 2.24) is 9.78 Å². The highest BCUT2D eigenvalue weighted by molar-refractivity contribution is 5.61. The predicted octanol–water partition coefficient (Wildman–Crippen LogP) is 2.45. The molecular weight excluding hydrogens is 186 g/mol. The van der Waals surface area contributed by atoms with Gasteiger partial charge in [-0.1, -0.05) is 12.1 Å². The number of benzene rings is 1. The molecule has 2 aromatic rings. The normalized spacial score (nSPS) is 15.2. The van der Waals surface area contributed by atoms with Gasteiger partial charge in [-0.05, 0) is 31.0 Å². The van der Waals surface area contributed by atoms with E-state index in [1.165, 1.54) is 18.5 Å². The first-order chi connectivity index (χ1) is 7.43. The van der Waals surface area contributed by atoms with E-state index in [1.54, 1.807) is 6.20 Å². The van der Waals surface area contributed by atoms with Crippen LogP contribution in [-0.2, 0) is 0 Å². The standard InChI is InChI=1S/C12H13N3/c1-2-5-12(15-9-3-8-13-15)11(4-1)14-10-6-7-10/h1-5,8-10,14H,6-7H2. The molecule has 0 bridgehead atoms. The Morgan fingerprint density at radius 1 is 1.20 bits per heavy atom. The summed E-state index contributed by atoms with van der Waals surface area (Å²) in [7, 11) is 0. The molecule has 1 aliphatic carbocycles. The predicted molar refractivity (Wildman–Crippen MR) is 60.2 cm³/mol. The summed E-state index contributed by atoms with van der Waals surface area (Å²) in [5.41, 5.74) is 2.29. The summed E-state index contributed by atoms with van der Waals surface area (Å²) in [4.78, 5) is 0. The fourth-order valence-corrected chi connectivity index (χ4v) is 1.65. The second-order valence-corrected chi connectivity index (χ2v) is 3.89. The zero-order valence-corrected chi connectivity index (χ0v) is 8.43. The summed E-state index contributed by atoms with van der Waals surface area (Å²) >= 11 is 0. The highest BCUT2D eigenvalue weighted by Gasteiger charge is 2.21. The quantitative estimate of drug-likeness (QED) is 0.822. The minimum Gasteiger partial charge on any atom is -0.381 e. The van der Waals surface area contributed by atoms with Crippen molar-refractivity contribution in [3.63, 3.8) is 0 Å². The van der Waals surface area contributed by atoms with Gasteiger partial charge in [-0.25, -0.2) is 4.68 Å². The van der Waals surface area contributed by atoms with Crippen molar-refractivity contribution < 1.29 is 0 Å². The van der Waals surface area contributed by atoms with Gasteiger partial charge in [-0.2, -0.15) is 5.10 Å². The van der Waals surface area contributed by atoms with Crippen LogP contribution in [0.4, 0.5) is 5.69 Å². The molecule has 1 aromatic carbocycles. The Bertz CT molecular complexity index is 444. The Balaban J connectivity index is 1.98. The molecule has 0 amide bonds. The van der Waals surface area contributed by atoms with Crippen LogP contribution in [-0.4, -0.2) is 15.8 Å². The molecule has 0 saturated heterocycles. The van der Waals surface area contributed by atoms with Crippen LogP contribution in [0.2, 0.25) is 0 Å². The topological polar surface area (TPSA) is 29.9 Å². The van der Waals surface area contributed by atoms with Crippen LogP contribution in [0.3, 0.4) is 0 Å². The number of aromatic nitrogens is 2. The third-order valence-electron chi connectivity index (χ3n) is 2.59. The van der Waals surface area contributed by atoms with Crippen LogP contribution in [0.1, 0.15) is 12.8 Å². The van der Waals surface area contributed by atoms with Gasteiger partial charge in [-0.15, -0.1) is 0 Å². The van der Waals surface area contributed by atoms with E-state index in [0.29, 0.717) is 6.04 Å². The van der Waals surface area contributed by atoms with E-state index >= 15 is 0 Å². The maximum atomic E-state index is 4.25.